The fraction of sp³-hybridized carbons (Fsp3) is 0.333. The smallest absolute Gasteiger partial charge is 0.253 e. The quantitative estimate of drug-likeness (QED) is 0.521. The van der Waals surface area contributed by atoms with Crippen LogP contribution in [0, 0.1) is 11.6 Å². The highest BCUT2D eigenvalue weighted by atomic mass is 32.2. The molecule has 0 saturated heterocycles. The van der Waals surface area contributed by atoms with Gasteiger partial charge in [-0.15, -0.1) is 0 Å². The largest absolute Gasteiger partial charge is 0.385 e. The maximum atomic E-state index is 13.7. The lowest BCUT2D eigenvalue weighted by Gasteiger charge is -2.28. The van der Waals surface area contributed by atoms with Crippen LogP contribution in [0.25, 0.3) is 0 Å². The minimum Gasteiger partial charge on any atom is -0.385 e. The summed E-state index contributed by atoms with van der Waals surface area (Å²) in [7, 11) is -2.49. The van der Waals surface area contributed by atoms with Crippen molar-refractivity contribution >= 4 is 33.2 Å². The number of nitrogens with one attached hydrogen (secondary N) is 2. The summed E-state index contributed by atoms with van der Waals surface area (Å²) in [4.78, 5) is 25.3. The van der Waals surface area contributed by atoms with Gasteiger partial charge in [0.1, 0.15) is 6.04 Å². The van der Waals surface area contributed by atoms with Gasteiger partial charge >= 0.3 is 0 Å². The van der Waals surface area contributed by atoms with E-state index in [-0.39, 0.29) is 16.9 Å². The van der Waals surface area contributed by atoms with Gasteiger partial charge in [-0.2, -0.15) is 0 Å². The fourth-order valence-corrected chi connectivity index (χ4v) is 4.14. The molecule has 8 nitrogen and oxygen atoms in total. The maximum absolute atomic E-state index is 13.7. The molecule has 0 saturated carbocycles. The number of hydrogen-bond donors (Lipinski definition) is 2. The van der Waals surface area contributed by atoms with Crippen molar-refractivity contribution < 1.29 is 31.5 Å². The Morgan fingerprint density at radius 3 is 2.44 bits per heavy atom. The summed E-state index contributed by atoms with van der Waals surface area (Å²) < 4.78 is 57.2. The number of carbonyl (C=O) groups is 2. The molecule has 2 amide bonds. The summed E-state index contributed by atoms with van der Waals surface area (Å²) in [5.41, 5.74) is 0.148. The van der Waals surface area contributed by atoms with Crippen LogP contribution >= 0.6 is 0 Å². The van der Waals surface area contributed by atoms with Crippen LogP contribution in [0.3, 0.4) is 0 Å². The minimum atomic E-state index is -4.04. The molecule has 32 heavy (non-hydrogen) atoms. The maximum Gasteiger partial charge on any atom is 0.253 e. The van der Waals surface area contributed by atoms with Crippen LogP contribution in [0.2, 0.25) is 0 Å². The van der Waals surface area contributed by atoms with Crippen molar-refractivity contribution in [3.63, 3.8) is 0 Å². The molecule has 0 fully saturated rings. The zero-order chi connectivity index (χ0) is 23.9. The van der Waals surface area contributed by atoms with Crippen molar-refractivity contribution in [2.24, 2.45) is 0 Å². The molecular formula is C21H25F2N3O5S. The SMILES string of the molecule is COCCCNC(=O)c1ccccc1NC(=O)[C@@H](C)N(c1ccc(F)c(F)c1)S(C)(=O)=O. The molecule has 0 aliphatic carbocycles. The second-order valence-corrected chi connectivity index (χ2v) is 8.83. The third-order valence-corrected chi connectivity index (χ3v) is 5.73. The standard InChI is InChI=1S/C21H25F2N3O5S/c1-14(26(32(3,29)30)15-9-10-17(22)18(23)13-15)20(27)25-19-8-5-4-7-16(19)21(28)24-11-6-12-31-2/h4-5,7-10,13-14H,6,11-12H2,1-3H3,(H,24,28)(H,25,27)/t14-/m1/s1. The number of ether oxygens (including phenoxy) is 1. The number of para-hydroxylation sites is 1. The molecule has 1 atom stereocenters. The van der Waals surface area contributed by atoms with Crippen molar-refractivity contribution in [3.8, 4) is 0 Å². The van der Waals surface area contributed by atoms with Crippen LogP contribution in [0.5, 0.6) is 0 Å². The Balaban J connectivity index is 2.25. The van der Waals surface area contributed by atoms with Gasteiger partial charge in [-0.05, 0) is 37.6 Å². The number of benzene rings is 2. The molecule has 2 N–H and O–H groups in total. The summed E-state index contributed by atoms with van der Waals surface area (Å²) in [5, 5.41) is 5.25. The summed E-state index contributed by atoms with van der Waals surface area (Å²) in [6.07, 6.45) is 1.45. The second kappa shape index (κ2) is 11.0. The summed E-state index contributed by atoms with van der Waals surface area (Å²) >= 11 is 0. The van der Waals surface area contributed by atoms with Gasteiger partial charge in [-0.1, -0.05) is 12.1 Å². The Kier molecular flexibility index (Phi) is 8.67. The monoisotopic (exact) mass is 469 g/mol. The molecule has 2 aromatic rings. The molecule has 0 aromatic heterocycles. The predicted octanol–water partition coefficient (Wildman–Crippen LogP) is 2.52. The molecular weight excluding hydrogens is 444 g/mol. The van der Waals surface area contributed by atoms with E-state index >= 15 is 0 Å². The Bertz CT molecular complexity index is 1080. The van der Waals surface area contributed by atoms with Crippen molar-refractivity contribution in [3.05, 3.63) is 59.7 Å². The molecule has 0 aliphatic rings. The van der Waals surface area contributed by atoms with E-state index in [0.717, 1.165) is 18.4 Å². The lowest BCUT2D eigenvalue weighted by molar-refractivity contribution is -0.116. The summed E-state index contributed by atoms with van der Waals surface area (Å²) in [5.74, 6) is -3.59. The number of rotatable bonds is 10. The molecule has 2 rings (SSSR count). The number of carbonyl (C=O) groups excluding carboxylic acids is 2. The van der Waals surface area contributed by atoms with Crippen LogP contribution in [-0.4, -0.2) is 52.8 Å². The van der Waals surface area contributed by atoms with E-state index in [1.165, 1.54) is 19.1 Å². The van der Waals surface area contributed by atoms with Crippen molar-refractivity contribution in [1.29, 1.82) is 0 Å². The molecule has 0 radical (unpaired) electrons. The van der Waals surface area contributed by atoms with Crippen molar-refractivity contribution in [2.75, 3.05) is 36.1 Å². The van der Waals surface area contributed by atoms with E-state index in [4.69, 9.17) is 4.74 Å². The van der Waals surface area contributed by atoms with E-state index in [9.17, 15) is 26.8 Å². The number of methoxy groups -OCH3 is 1. The van der Waals surface area contributed by atoms with E-state index in [0.29, 0.717) is 29.9 Å². The summed E-state index contributed by atoms with van der Waals surface area (Å²) in [6, 6.07) is 7.43. The molecule has 11 heteroatoms. The Labute approximate surface area is 185 Å². The highest BCUT2D eigenvalue weighted by Crippen LogP contribution is 2.24. The fourth-order valence-electron chi connectivity index (χ4n) is 2.97. The zero-order valence-corrected chi connectivity index (χ0v) is 18.7. The normalized spacial score (nSPS) is 12.2. The van der Waals surface area contributed by atoms with Crippen LogP contribution in [0.4, 0.5) is 20.2 Å². The number of halogens is 2. The predicted molar refractivity (Wildman–Crippen MR) is 117 cm³/mol. The average molecular weight is 470 g/mol. The molecule has 174 valence electrons. The molecule has 2 aromatic carbocycles. The first-order chi connectivity index (χ1) is 15.1. The Morgan fingerprint density at radius 2 is 1.81 bits per heavy atom. The molecule has 0 unspecified atom stereocenters. The lowest BCUT2D eigenvalue weighted by Crippen LogP contribution is -2.45. The van der Waals surface area contributed by atoms with Crippen LogP contribution in [0.1, 0.15) is 23.7 Å². The number of hydrogen-bond acceptors (Lipinski definition) is 5. The molecule has 0 spiro atoms. The third-order valence-electron chi connectivity index (χ3n) is 4.49. The lowest BCUT2D eigenvalue weighted by atomic mass is 10.1. The average Bonchev–Trinajstić information content (AvgIpc) is 2.73. The minimum absolute atomic E-state index is 0.173. The Hall–Kier alpha value is -3.05. The van der Waals surface area contributed by atoms with E-state index in [1.807, 2.05) is 0 Å². The zero-order valence-electron chi connectivity index (χ0n) is 17.9. The number of nitrogens with zero attached hydrogens (tertiary/aromatic N) is 1. The van der Waals surface area contributed by atoms with E-state index < -0.39 is 39.5 Å². The van der Waals surface area contributed by atoms with Gasteiger partial charge in [-0.25, -0.2) is 17.2 Å². The van der Waals surface area contributed by atoms with Gasteiger partial charge in [0, 0.05) is 26.3 Å². The van der Waals surface area contributed by atoms with E-state index in [1.54, 1.807) is 19.2 Å². The van der Waals surface area contributed by atoms with Crippen LogP contribution in [-0.2, 0) is 19.6 Å². The highest BCUT2D eigenvalue weighted by Gasteiger charge is 2.30. The van der Waals surface area contributed by atoms with Crippen molar-refractivity contribution in [1.82, 2.24) is 5.32 Å². The van der Waals surface area contributed by atoms with Gasteiger partial charge in [0.05, 0.1) is 23.2 Å². The van der Waals surface area contributed by atoms with Crippen LogP contribution in [0.15, 0.2) is 42.5 Å². The van der Waals surface area contributed by atoms with Gasteiger partial charge in [0.25, 0.3) is 5.91 Å². The van der Waals surface area contributed by atoms with Crippen molar-refractivity contribution in [2.45, 2.75) is 19.4 Å². The first-order valence-electron chi connectivity index (χ1n) is 9.67. The molecule has 0 heterocycles. The highest BCUT2D eigenvalue weighted by molar-refractivity contribution is 7.92. The molecule has 0 aliphatic heterocycles. The summed E-state index contributed by atoms with van der Waals surface area (Å²) in [6.45, 7) is 2.13. The number of anilines is 2. The molecule has 0 bridgehead atoms. The van der Waals surface area contributed by atoms with Gasteiger partial charge in [0.15, 0.2) is 11.6 Å². The number of amides is 2. The third kappa shape index (κ3) is 6.47. The Morgan fingerprint density at radius 1 is 1.12 bits per heavy atom. The van der Waals surface area contributed by atoms with E-state index in [2.05, 4.69) is 10.6 Å². The topological polar surface area (TPSA) is 105 Å². The van der Waals surface area contributed by atoms with Gasteiger partial charge in [-0.3, -0.25) is 13.9 Å². The second-order valence-electron chi connectivity index (χ2n) is 6.97. The number of sulfonamides is 1. The van der Waals surface area contributed by atoms with Gasteiger partial charge in [0.2, 0.25) is 15.9 Å². The first kappa shape index (κ1) is 25.2. The van der Waals surface area contributed by atoms with Crippen LogP contribution < -0.4 is 14.9 Å². The first-order valence-corrected chi connectivity index (χ1v) is 11.5. The van der Waals surface area contributed by atoms with Gasteiger partial charge < -0.3 is 15.4 Å².